The number of phenols is 1. The summed E-state index contributed by atoms with van der Waals surface area (Å²) in [5.41, 5.74) is 2.67. The zero-order valence-electron chi connectivity index (χ0n) is 16.0. The molecule has 1 amide bonds. The predicted octanol–water partition coefficient (Wildman–Crippen LogP) is 4.22. The molecule has 0 atom stereocenters. The molecular weight excluding hydrogens is 300 g/mol. The summed E-state index contributed by atoms with van der Waals surface area (Å²) in [6.07, 6.45) is 1.80. The molecule has 0 saturated carbocycles. The topological polar surface area (TPSA) is 52.9 Å². The molecule has 1 aromatic carbocycles. The summed E-state index contributed by atoms with van der Waals surface area (Å²) in [5.74, 6) is 0.930. The summed E-state index contributed by atoms with van der Waals surface area (Å²) >= 11 is 0. The number of benzene rings is 1. The molecule has 0 radical (unpaired) electrons. The van der Waals surface area contributed by atoms with Crippen LogP contribution in [0.2, 0.25) is 0 Å². The average Bonchev–Trinajstić information content (AvgIpc) is 2.65. The summed E-state index contributed by atoms with van der Waals surface area (Å²) in [4.78, 5) is 18.1. The Bertz CT molecular complexity index is 709. The van der Waals surface area contributed by atoms with E-state index in [1.807, 2.05) is 19.1 Å². The highest BCUT2D eigenvalue weighted by molar-refractivity contribution is 6.13. The van der Waals surface area contributed by atoms with Gasteiger partial charge in [0.05, 0.1) is 0 Å². The highest BCUT2D eigenvalue weighted by Crippen LogP contribution is 2.40. The van der Waals surface area contributed by atoms with Crippen molar-refractivity contribution in [3.05, 3.63) is 34.5 Å². The number of aliphatic imine (C=N–C) groups is 1. The van der Waals surface area contributed by atoms with Crippen molar-refractivity contribution in [3.8, 4) is 5.75 Å². The van der Waals surface area contributed by atoms with Crippen LogP contribution >= 0.6 is 0 Å². The Balaban J connectivity index is 2.67. The van der Waals surface area contributed by atoms with Crippen LogP contribution in [0, 0.1) is 0 Å². The largest absolute Gasteiger partial charge is 0.507 e. The molecule has 4 nitrogen and oxygen atoms in total. The van der Waals surface area contributed by atoms with Crippen molar-refractivity contribution in [2.75, 3.05) is 7.05 Å². The van der Waals surface area contributed by atoms with E-state index in [0.717, 1.165) is 16.7 Å². The maximum Gasteiger partial charge on any atom is 0.277 e. The molecule has 0 fully saturated rings. The van der Waals surface area contributed by atoms with Gasteiger partial charge >= 0.3 is 0 Å². The summed E-state index contributed by atoms with van der Waals surface area (Å²) in [6, 6.07) is 3.90. The fourth-order valence-electron chi connectivity index (χ4n) is 2.75. The molecule has 130 valence electrons. The van der Waals surface area contributed by atoms with E-state index >= 15 is 0 Å². The third kappa shape index (κ3) is 3.37. The van der Waals surface area contributed by atoms with Crippen LogP contribution in [0.3, 0.4) is 0 Å². The van der Waals surface area contributed by atoms with Gasteiger partial charge in [0.2, 0.25) is 0 Å². The zero-order chi connectivity index (χ0) is 18.4. The van der Waals surface area contributed by atoms with Crippen molar-refractivity contribution >= 4 is 17.8 Å². The van der Waals surface area contributed by atoms with E-state index in [1.165, 1.54) is 0 Å². The van der Waals surface area contributed by atoms with Gasteiger partial charge in [-0.15, -0.1) is 0 Å². The van der Waals surface area contributed by atoms with Crippen molar-refractivity contribution in [1.29, 1.82) is 0 Å². The van der Waals surface area contributed by atoms with Gasteiger partial charge in [-0.25, -0.2) is 4.99 Å². The van der Waals surface area contributed by atoms with Crippen LogP contribution < -0.4 is 0 Å². The van der Waals surface area contributed by atoms with Crippen molar-refractivity contribution in [2.45, 2.75) is 59.3 Å². The van der Waals surface area contributed by atoms with Gasteiger partial charge in [0, 0.05) is 18.2 Å². The minimum absolute atomic E-state index is 0.102. The Morgan fingerprint density at radius 3 is 1.83 bits per heavy atom. The lowest BCUT2D eigenvalue weighted by molar-refractivity contribution is -0.121. The molecule has 1 aliphatic heterocycles. The number of likely N-dealkylation sites (N-methyl/N-ethyl adjacent to an activating group) is 1. The Labute approximate surface area is 144 Å². The van der Waals surface area contributed by atoms with E-state index in [-0.39, 0.29) is 16.7 Å². The smallest absolute Gasteiger partial charge is 0.277 e. The number of phenolic OH excluding ortho intramolecular Hbond substituents is 1. The maximum absolute atomic E-state index is 12.2. The molecule has 0 unspecified atom stereocenters. The van der Waals surface area contributed by atoms with E-state index < -0.39 is 0 Å². The van der Waals surface area contributed by atoms with Crippen molar-refractivity contribution in [3.63, 3.8) is 0 Å². The Morgan fingerprint density at radius 2 is 1.50 bits per heavy atom. The number of amidine groups is 1. The highest BCUT2D eigenvalue weighted by atomic mass is 16.3. The van der Waals surface area contributed by atoms with Crippen LogP contribution in [-0.2, 0) is 15.6 Å². The molecule has 24 heavy (non-hydrogen) atoms. The standard InChI is InChI=1S/C20H28N2O2/c1-12-21-16(18(24)22(12)8)11-13-9-14(19(2,3)4)17(23)15(10-13)20(5,6)7/h9-11,23H,1-8H3/b16-11+. The second-order valence-corrected chi connectivity index (χ2v) is 8.52. The number of rotatable bonds is 1. The maximum atomic E-state index is 12.2. The van der Waals surface area contributed by atoms with E-state index in [1.54, 1.807) is 18.0 Å². The highest BCUT2D eigenvalue weighted by Gasteiger charge is 2.28. The van der Waals surface area contributed by atoms with Crippen molar-refractivity contribution < 1.29 is 9.90 Å². The fraction of sp³-hybridized carbons (Fsp3) is 0.500. The first-order valence-electron chi connectivity index (χ1n) is 8.25. The molecule has 0 saturated heterocycles. The van der Waals surface area contributed by atoms with Gasteiger partial charge < -0.3 is 5.11 Å². The third-order valence-electron chi connectivity index (χ3n) is 4.34. The van der Waals surface area contributed by atoms with Crippen LogP contribution in [0.4, 0.5) is 0 Å². The van der Waals surface area contributed by atoms with E-state index in [2.05, 4.69) is 46.5 Å². The van der Waals surface area contributed by atoms with Gasteiger partial charge in [-0.3, -0.25) is 9.69 Å². The number of carbonyl (C=O) groups is 1. The van der Waals surface area contributed by atoms with E-state index in [0.29, 0.717) is 17.3 Å². The molecule has 0 bridgehead atoms. The number of amides is 1. The molecule has 0 spiro atoms. The third-order valence-corrected chi connectivity index (χ3v) is 4.34. The monoisotopic (exact) mass is 328 g/mol. The normalized spacial score (nSPS) is 17.7. The molecule has 2 rings (SSSR count). The quantitative estimate of drug-likeness (QED) is 0.785. The summed E-state index contributed by atoms with van der Waals surface area (Å²) in [7, 11) is 1.72. The first-order valence-corrected chi connectivity index (χ1v) is 8.25. The second-order valence-electron chi connectivity index (χ2n) is 8.52. The van der Waals surface area contributed by atoms with Gasteiger partial charge in [0.15, 0.2) is 0 Å². The Morgan fingerprint density at radius 1 is 1.04 bits per heavy atom. The predicted molar refractivity (Wildman–Crippen MR) is 99.4 cm³/mol. The fourth-order valence-corrected chi connectivity index (χ4v) is 2.75. The molecule has 1 aromatic rings. The van der Waals surface area contributed by atoms with E-state index in [4.69, 9.17) is 0 Å². The lowest BCUT2D eigenvalue weighted by Crippen LogP contribution is -2.25. The summed E-state index contributed by atoms with van der Waals surface area (Å²) in [6.45, 7) is 14.2. The molecule has 1 heterocycles. The van der Waals surface area contributed by atoms with Gasteiger partial charge in [0.25, 0.3) is 5.91 Å². The molecule has 4 heteroatoms. The lowest BCUT2D eigenvalue weighted by atomic mass is 9.78. The first kappa shape index (κ1) is 18.2. The van der Waals surface area contributed by atoms with Crippen LogP contribution in [0.5, 0.6) is 5.75 Å². The van der Waals surface area contributed by atoms with Gasteiger partial charge in [-0.2, -0.15) is 0 Å². The first-order chi connectivity index (χ1) is 10.8. The number of aromatic hydroxyl groups is 1. The minimum atomic E-state index is -0.200. The lowest BCUT2D eigenvalue weighted by Gasteiger charge is -2.27. The molecule has 0 aliphatic carbocycles. The van der Waals surface area contributed by atoms with Gasteiger partial charge in [0.1, 0.15) is 17.3 Å². The van der Waals surface area contributed by atoms with Crippen LogP contribution in [-0.4, -0.2) is 28.8 Å². The zero-order valence-corrected chi connectivity index (χ0v) is 16.0. The Kier molecular flexibility index (Phi) is 4.38. The molecule has 1 aliphatic rings. The SMILES string of the molecule is CC1=N/C(=C/c2cc(C(C)(C)C)c(O)c(C(C)(C)C)c2)C(=O)N1C. The molecule has 1 N–H and O–H groups in total. The van der Waals surface area contributed by atoms with Gasteiger partial charge in [-0.1, -0.05) is 41.5 Å². The van der Waals surface area contributed by atoms with Crippen LogP contribution in [0.15, 0.2) is 22.8 Å². The number of hydrogen-bond acceptors (Lipinski definition) is 3. The number of hydrogen-bond donors (Lipinski definition) is 1. The molecule has 0 aromatic heterocycles. The van der Waals surface area contributed by atoms with E-state index in [9.17, 15) is 9.90 Å². The number of carbonyl (C=O) groups excluding carboxylic acids is 1. The summed E-state index contributed by atoms with van der Waals surface area (Å²) in [5, 5.41) is 10.8. The van der Waals surface area contributed by atoms with Crippen LogP contribution in [0.25, 0.3) is 6.08 Å². The molecular formula is C20H28N2O2. The Hall–Kier alpha value is -2.10. The van der Waals surface area contributed by atoms with Crippen LogP contribution in [0.1, 0.15) is 65.2 Å². The summed E-state index contributed by atoms with van der Waals surface area (Å²) < 4.78 is 0. The van der Waals surface area contributed by atoms with Gasteiger partial charge in [-0.05, 0) is 41.5 Å². The average molecular weight is 328 g/mol. The van der Waals surface area contributed by atoms with Crippen molar-refractivity contribution in [1.82, 2.24) is 4.90 Å². The number of nitrogens with zero attached hydrogens (tertiary/aromatic N) is 2. The van der Waals surface area contributed by atoms with Crippen molar-refractivity contribution in [2.24, 2.45) is 4.99 Å². The second kappa shape index (κ2) is 5.76. The minimum Gasteiger partial charge on any atom is -0.507 e.